The van der Waals surface area contributed by atoms with Gasteiger partial charge in [0, 0.05) is 25.0 Å². The minimum absolute atomic E-state index is 0.0673. The maximum atomic E-state index is 12.0. The van der Waals surface area contributed by atoms with Crippen molar-refractivity contribution >= 4 is 11.9 Å². The molecule has 1 fully saturated rings. The molecule has 1 aromatic heterocycles. The van der Waals surface area contributed by atoms with Gasteiger partial charge >= 0.3 is 0 Å². The fourth-order valence-corrected chi connectivity index (χ4v) is 3.17. The molecule has 0 saturated heterocycles. The minimum Gasteiger partial charge on any atom is -0.469 e. The number of amides is 1. The molecule has 0 aliphatic heterocycles. The Bertz CT molecular complexity index is 555. The van der Waals surface area contributed by atoms with Crippen molar-refractivity contribution in [2.24, 2.45) is 10.9 Å². The average molecular weight is 363 g/mol. The molecule has 1 heterocycles. The SMILES string of the molecule is CC(C)(C)NC(=O)CN=C(NCCc1ccco1)NCC1CCCCC1. The summed E-state index contributed by atoms with van der Waals surface area (Å²) in [5.74, 6) is 2.27. The number of carbonyl (C=O) groups is 1. The van der Waals surface area contributed by atoms with Gasteiger partial charge < -0.3 is 20.4 Å². The monoisotopic (exact) mass is 362 g/mol. The minimum atomic E-state index is -0.241. The maximum absolute atomic E-state index is 12.0. The predicted octanol–water partition coefficient (Wildman–Crippen LogP) is 2.85. The molecule has 6 heteroatoms. The Morgan fingerprint density at radius 2 is 2.00 bits per heavy atom. The molecule has 0 spiro atoms. The van der Waals surface area contributed by atoms with Crippen molar-refractivity contribution in [3.63, 3.8) is 0 Å². The number of hydrogen-bond acceptors (Lipinski definition) is 3. The molecule has 0 aromatic carbocycles. The molecule has 1 aliphatic carbocycles. The lowest BCUT2D eigenvalue weighted by Crippen LogP contribution is -2.44. The molecular formula is C20H34N4O2. The lowest BCUT2D eigenvalue weighted by atomic mass is 9.89. The Kier molecular flexibility index (Phi) is 8.01. The van der Waals surface area contributed by atoms with Crippen LogP contribution in [0.3, 0.4) is 0 Å². The molecular weight excluding hydrogens is 328 g/mol. The molecule has 3 N–H and O–H groups in total. The molecule has 6 nitrogen and oxygen atoms in total. The summed E-state index contributed by atoms with van der Waals surface area (Å²) in [6.07, 6.45) is 9.01. The fraction of sp³-hybridized carbons (Fsp3) is 0.700. The second kappa shape index (κ2) is 10.2. The maximum Gasteiger partial charge on any atom is 0.242 e. The van der Waals surface area contributed by atoms with Crippen molar-refractivity contribution in [2.75, 3.05) is 19.6 Å². The Morgan fingerprint density at radius 3 is 2.65 bits per heavy atom. The number of carbonyl (C=O) groups excluding carboxylic acids is 1. The van der Waals surface area contributed by atoms with E-state index in [0.717, 1.165) is 18.7 Å². The van der Waals surface area contributed by atoms with Gasteiger partial charge in [0.25, 0.3) is 0 Å². The average Bonchev–Trinajstić information content (AvgIpc) is 3.09. The third kappa shape index (κ3) is 8.41. The largest absolute Gasteiger partial charge is 0.469 e. The Hall–Kier alpha value is -1.98. The van der Waals surface area contributed by atoms with Crippen molar-refractivity contribution in [1.29, 1.82) is 0 Å². The van der Waals surface area contributed by atoms with Crippen LogP contribution < -0.4 is 16.0 Å². The van der Waals surface area contributed by atoms with Gasteiger partial charge in [-0.2, -0.15) is 0 Å². The topological polar surface area (TPSA) is 78.7 Å². The van der Waals surface area contributed by atoms with E-state index in [1.54, 1.807) is 6.26 Å². The number of hydrogen-bond donors (Lipinski definition) is 3. The molecule has 0 atom stereocenters. The van der Waals surface area contributed by atoms with Crippen molar-refractivity contribution in [2.45, 2.75) is 64.8 Å². The van der Waals surface area contributed by atoms with E-state index in [2.05, 4.69) is 20.9 Å². The second-order valence-electron chi connectivity index (χ2n) is 8.10. The van der Waals surface area contributed by atoms with Gasteiger partial charge in [0.15, 0.2) is 5.96 Å². The highest BCUT2D eigenvalue weighted by atomic mass is 16.3. The summed E-state index contributed by atoms with van der Waals surface area (Å²) in [4.78, 5) is 16.5. The second-order valence-corrected chi connectivity index (χ2v) is 8.10. The normalized spacial score (nSPS) is 16.3. The molecule has 2 rings (SSSR count). The smallest absolute Gasteiger partial charge is 0.242 e. The summed E-state index contributed by atoms with van der Waals surface area (Å²) in [5.41, 5.74) is -0.241. The molecule has 0 bridgehead atoms. The summed E-state index contributed by atoms with van der Waals surface area (Å²) in [5, 5.41) is 9.67. The van der Waals surface area contributed by atoms with Gasteiger partial charge in [-0.25, -0.2) is 4.99 Å². The van der Waals surface area contributed by atoms with Crippen LogP contribution in [0.15, 0.2) is 27.8 Å². The highest BCUT2D eigenvalue weighted by molar-refractivity contribution is 5.85. The predicted molar refractivity (Wildman–Crippen MR) is 105 cm³/mol. The van der Waals surface area contributed by atoms with Gasteiger partial charge in [0.05, 0.1) is 6.26 Å². The Balaban J connectivity index is 1.83. The van der Waals surface area contributed by atoms with Gasteiger partial charge in [-0.15, -0.1) is 0 Å². The van der Waals surface area contributed by atoms with E-state index in [4.69, 9.17) is 4.42 Å². The van der Waals surface area contributed by atoms with Gasteiger partial charge in [-0.3, -0.25) is 4.79 Å². The zero-order chi connectivity index (χ0) is 18.8. The lowest BCUT2D eigenvalue weighted by molar-refractivity contribution is -0.121. The zero-order valence-corrected chi connectivity index (χ0v) is 16.4. The standard InChI is InChI=1S/C20H34N4O2/c1-20(2,3)24-18(25)15-23-19(21-12-11-17-10-7-13-26-17)22-14-16-8-5-4-6-9-16/h7,10,13,16H,4-6,8-9,11-12,14-15H2,1-3H3,(H,24,25)(H2,21,22,23). The Morgan fingerprint density at radius 1 is 1.23 bits per heavy atom. The molecule has 1 saturated carbocycles. The molecule has 0 radical (unpaired) electrons. The van der Waals surface area contributed by atoms with E-state index in [0.29, 0.717) is 18.4 Å². The third-order valence-corrected chi connectivity index (χ3v) is 4.42. The molecule has 146 valence electrons. The first-order chi connectivity index (χ1) is 12.4. The highest BCUT2D eigenvalue weighted by Gasteiger charge is 2.15. The van der Waals surface area contributed by atoms with E-state index < -0.39 is 0 Å². The first-order valence-electron chi connectivity index (χ1n) is 9.78. The van der Waals surface area contributed by atoms with Crippen molar-refractivity contribution < 1.29 is 9.21 Å². The van der Waals surface area contributed by atoms with Crippen LogP contribution in [-0.4, -0.2) is 37.0 Å². The Labute approximate surface area is 157 Å². The third-order valence-electron chi connectivity index (χ3n) is 4.42. The van der Waals surface area contributed by atoms with Crippen molar-refractivity contribution in [3.05, 3.63) is 24.2 Å². The van der Waals surface area contributed by atoms with Gasteiger partial charge in [-0.1, -0.05) is 19.3 Å². The van der Waals surface area contributed by atoms with Gasteiger partial charge in [0.2, 0.25) is 5.91 Å². The summed E-state index contributed by atoms with van der Waals surface area (Å²) in [7, 11) is 0. The number of guanidine groups is 1. The van der Waals surface area contributed by atoms with Crippen LogP contribution in [0.5, 0.6) is 0 Å². The van der Waals surface area contributed by atoms with Crippen LogP contribution in [0.25, 0.3) is 0 Å². The number of rotatable bonds is 7. The molecule has 1 amide bonds. The first kappa shape index (κ1) is 20.3. The quantitative estimate of drug-likeness (QED) is 0.515. The van der Waals surface area contributed by atoms with Gasteiger partial charge in [0.1, 0.15) is 12.3 Å². The van der Waals surface area contributed by atoms with Crippen LogP contribution in [0.1, 0.15) is 58.6 Å². The zero-order valence-electron chi connectivity index (χ0n) is 16.4. The molecule has 1 aliphatic rings. The summed E-state index contributed by atoms with van der Waals surface area (Å²) < 4.78 is 5.36. The summed E-state index contributed by atoms with van der Waals surface area (Å²) in [6, 6.07) is 3.85. The van der Waals surface area contributed by atoms with E-state index >= 15 is 0 Å². The number of furan rings is 1. The number of aliphatic imine (C=N–C) groups is 1. The van der Waals surface area contributed by atoms with E-state index in [1.165, 1.54) is 32.1 Å². The van der Waals surface area contributed by atoms with Gasteiger partial charge in [-0.05, 0) is 51.7 Å². The first-order valence-corrected chi connectivity index (χ1v) is 9.78. The van der Waals surface area contributed by atoms with Crippen molar-refractivity contribution in [3.8, 4) is 0 Å². The molecule has 1 aromatic rings. The van der Waals surface area contributed by atoms with Crippen LogP contribution in [0.2, 0.25) is 0 Å². The van der Waals surface area contributed by atoms with E-state index in [-0.39, 0.29) is 18.0 Å². The van der Waals surface area contributed by atoms with E-state index in [1.807, 2.05) is 32.9 Å². The molecule has 26 heavy (non-hydrogen) atoms. The number of nitrogens with one attached hydrogen (secondary N) is 3. The summed E-state index contributed by atoms with van der Waals surface area (Å²) in [6.45, 7) is 7.66. The van der Waals surface area contributed by atoms with Crippen LogP contribution in [0.4, 0.5) is 0 Å². The number of nitrogens with zero attached hydrogens (tertiary/aromatic N) is 1. The van der Waals surface area contributed by atoms with Crippen LogP contribution in [-0.2, 0) is 11.2 Å². The lowest BCUT2D eigenvalue weighted by Gasteiger charge is -2.23. The highest BCUT2D eigenvalue weighted by Crippen LogP contribution is 2.22. The molecule has 0 unspecified atom stereocenters. The van der Waals surface area contributed by atoms with Crippen LogP contribution >= 0.6 is 0 Å². The van der Waals surface area contributed by atoms with Crippen LogP contribution in [0, 0.1) is 5.92 Å². The van der Waals surface area contributed by atoms with Crippen molar-refractivity contribution in [1.82, 2.24) is 16.0 Å². The fourth-order valence-electron chi connectivity index (χ4n) is 3.17. The summed E-state index contributed by atoms with van der Waals surface area (Å²) >= 11 is 0. The van der Waals surface area contributed by atoms with E-state index in [9.17, 15) is 4.79 Å².